The van der Waals surface area contributed by atoms with Crippen molar-refractivity contribution < 1.29 is 13.5 Å². The molecule has 0 saturated carbocycles. The Morgan fingerprint density at radius 3 is 2.89 bits per heavy atom. The topological polar surface area (TPSA) is 69.6 Å². The van der Waals surface area contributed by atoms with Crippen molar-refractivity contribution >= 4 is 37.3 Å². The van der Waals surface area contributed by atoms with Crippen molar-refractivity contribution in [2.75, 3.05) is 26.2 Å². The largest absolute Gasteiger partial charge is 0.395 e. The summed E-state index contributed by atoms with van der Waals surface area (Å²) in [6.45, 7) is 1.30. The second kappa shape index (κ2) is 6.64. The van der Waals surface area contributed by atoms with Crippen LogP contribution in [-0.4, -0.2) is 50.1 Å². The Morgan fingerprint density at radius 2 is 2.37 bits per heavy atom. The van der Waals surface area contributed by atoms with E-state index in [-0.39, 0.29) is 19.2 Å². The van der Waals surface area contributed by atoms with Gasteiger partial charge in [0.2, 0.25) is 0 Å². The Bertz CT molecular complexity index is 512. The fourth-order valence-corrected chi connectivity index (χ4v) is 6.09. The maximum atomic E-state index is 12.6. The van der Waals surface area contributed by atoms with Gasteiger partial charge in [-0.15, -0.1) is 11.3 Å². The van der Waals surface area contributed by atoms with Gasteiger partial charge in [0.25, 0.3) is 10.0 Å². The normalized spacial score (nSPS) is 20.3. The van der Waals surface area contributed by atoms with E-state index in [1.54, 1.807) is 11.4 Å². The van der Waals surface area contributed by atoms with Gasteiger partial charge in [0.1, 0.15) is 4.21 Å². The minimum absolute atomic E-state index is 0.130. The van der Waals surface area contributed by atoms with Crippen LogP contribution in [0.2, 0.25) is 0 Å². The number of nitrogens with one attached hydrogen (secondary N) is 1. The average molecular weight is 369 g/mol. The van der Waals surface area contributed by atoms with Crippen LogP contribution in [0, 0.1) is 0 Å². The molecule has 5 nitrogen and oxygen atoms in total. The lowest BCUT2D eigenvalue weighted by Crippen LogP contribution is -2.42. The standard InChI is InChI=1S/C11H17BrN2O3S2/c12-10-3-7-18-11(10)19(16,17)14(5-6-15)8-9-2-1-4-13-9/h3,7,9,13,15H,1-2,4-6,8H2. The zero-order chi connectivity index (χ0) is 13.9. The van der Waals surface area contributed by atoms with Gasteiger partial charge in [0, 0.05) is 23.6 Å². The molecule has 1 atom stereocenters. The Hall–Kier alpha value is 0.01000. The van der Waals surface area contributed by atoms with Crippen LogP contribution in [0.25, 0.3) is 0 Å². The number of hydrogen-bond acceptors (Lipinski definition) is 5. The number of rotatable bonds is 6. The molecule has 1 unspecified atom stereocenters. The molecule has 0 spiro atoms. The quantitative estimate of drug-likeness (QED) is 0.792. The third-order valence-electron chi connectivity index (χ3n) is 3.09. The molecule has 1 aromatic rings. The molecule has 2 rings (SSSR count). The van der Waals surface area contributed by atoms with E-state index in [2.05, 4.69) is 21.2 Å². The maximum Gasteiger partial charge on any atom is 0.253 e. The van der Waals surface area contributed by atoms with E-state index in [1.165, 1.54) is 15.6 Å². The van der Waals surface area contributed by atoms with Crippen LogP contribution in [-0.2, 0) is 10.0 Å². The number of aliphatic hydroxyl groups excluding tert-OH is 1. The second-order valence-electron chi connectivity index (χ2n) is 4.44. The molecule has 19 heavy (non-hydrogen) atoms. The predicted molar refractivity (Wildman–Crippen MR) is 78.9 cm³/mol. The number of sulfonamides is 1. The van der Waals surface area contributed by atoms with Crippen LogP contribution in [0.1, 0.15) is 12.8 Å². The summed E-state index contributed by atoms with van der Waals surface area (Å²) in [7, 11) is -3.53. The third kappa shape index (κ3) is 3.56. The van der Waals surface area contributed by atoms with E-state index in [4.69, 9.17) is 5.11 Å². The number of aliphatic hydroxyl groups is 1. The molecule has 2 heterocycles. The molecule has 0 amide bonds. The molecule has 1 saturated heterocycles. The number of nitrogens with zero attached hydrogens (tertiary/aromatic N) is 1. The van der Waals surface area contributed by atoms with Crippen molar-refractivity contribution in [1.82, 2.24) is 9.62 Å². The first-order valence-electron chi connectivity index (χ1n) is 6.13. The Balaban J connectivity index is 2.19. The number of thiophene rings is 1. The zero-order valence-electron chi connectivity index (χ0n) is 10.4. The van der Waals surface area contributed by atoms with E-state index in [0.29, 0.717) is 15.2 Å². The molecular weight excluding hydrogens is 352 g/mol. The molecule has 1 fully saturated rings. The fourth-order valence-electron chi connectivity index (χ4n) is 2.16. The smallest absolute Gasteiger partial charge is 0.253 e. The van der Waals surface area contributed by atoms with Crippen molar-refractivity contribution in [3.63, 3.8) is 0 Å². The SMILES string of the molecule is O=S(=O)(c1sccc1Br)N(CCO)CC1CCCN1. The first-order chi connectivity index (χ1) is 9.05. The van der Waals surface area contributed by atoms with E-state index in [9.17, 15) is 8.42 Å². The van der Waals surface area contributed by atoms with Gasteiger partial charge in [0.15, 0.2) is 0 Å². The molecule has 8 heteroatoms. The Kier molecular flexibility index (Phi) is 5.38. The van der Waals surface area contributed by atoms with Crippen LogP contribution >= 0.6 is 27.3 Å². The van der Waals surface area contributed by atoms with E-state index in [1.807, 2.05) is 0 Å². The minimum atomic E-state index is -3.53. The van der Waals surface area contributed by atoms with Gasteiger partial charge < -0.3 is 10.4 Å². The van der Waals surface area contributed by atoms with Crippen molar-refractivity contribution in [2.45, 2.75) is 23.1 Å². The van der Waals surface area contributed by atoms with Crippen LogP contribution in [0.4, 0.5) is 0 Å². The summed E-state index contributed by atoms with van der Waals surface area (Å²) < 4.78 is 27.4. The van der Waals surface area contributed by atoms with Gasteiger partial charge in [0.05, 0.1) is 6.61 Å². The summed E-state index contributed by atoms with van der Waals surface area (Å²) in [4.78, 5) is 0. The molecule has 1 aliphatic heterocycles. The van der Waals surface area contributed by atoms with Gasteiger partial charge in [-0.3, -0.25) is 0 Å². The highest BCUT2D eigenvalue weighted by Crippen LogP contribution is 2.30. The lowest BCUT2D eigenvalue weighted by atomic mass is 10.2. The summed E-state index contributed by atoms with van der Waals surface area (Å²) in [5.74, 6) is 0. The highest BCUT2D eigenvalue weighted by molar-refractivity contribution is 9.10. The van der Waals surface area contributed by atoms with Crippen molar-refractivity contribution in [3.8, 4) is 0 Å². The average Bonchev–Trinajstić information content (AvgIpc) is 2.99. The molecular formula is C11H17BrN2O3S2. The molecule has 108 valence electrons. The minimum Gasteiger partial charge on any atom is -0.395 e. The molecule has 0 aromatic carbocycles. The molecule has 1 aromatic heterocycles. The van der Waals surface area contributed by atoms with Crippen LogP contribution in [0.15, 0.2) is 20.1 Å². The molecule has 0 aliphatic carbocycles. The molecule has 0 bridgehead atoms. The summed E-state index contributed by atoms with van der Waals surface area (Å²) in [6.07, 6.45) is 2.05. The van der Waals surface area contributed by atoms with Gasteiger partial charge >= 0.3 is 0 Å². The van der Waals surface area contributed by atoms with E-state index >= 15 is 0 Å². The zero-order valence-corrected chi connectivity index (χ0v) is 13.6. The van der Waals surface area contributed by atoms with E-state index in [0.717, 1.165) is 19.4 Å². The van der Waals surface area contributed by atoms with Crippen LogP contribution in [0.5, 0.6) is 0 Å². The number of halogens is 1. The van der Waals surface area contributed by atoms with Crippen molar-refractivity contribution in [1.29, 1.82) is 0 Å². The molecule has 0 radical (unpaired) electrons. The third-order valence-corrected chi connectivity index (χ3v) is 7.61. The number of hydrogen-bond donors (Lipinski definition) is 2. The van der Waals surface area contributed by atoms with Crippen molar-refractivity contribution in [3.05, 3.63) is 15.9 Å². The van der Waals surface area contributed by atoms with Gasteiger partial charge in [-0.05, 0) is 46.8 Å². The van der Waals surface area contributed by atoms with Crippen LogP contribution in [0.3, 0.4) is 0 Å². The lowest BCUT2D eigenvalue weighted by molar-refractivity contribution is 0.246. The Labute approximate surface area is 125 Å². The molecule has 2 N–H and O–H groups in total. The maximum absolute atomic E-state index is 12.6. The molecule has 1 aliphatic rings. The van der Waals surface area contributed by atoms with Crippen LogP contribution < -0.4 is 5.32 Å². The predicted octanol–water partition coefficient (Wildman–Crippen LogP) is 1.25. The van der Waals surface area contributed by atoms with Gasteiger partial charge in [-0.1, -0.05) is 0 Å². The first kappa shape index (κ1) is 15.4. The summed E-state index contributed by atoms with van der Waals surface area (Å²) >= 11 is 4.45. The summed E-state index contributed by atoms with van der Waals surface area (Å²) in [5, 5.41) is 14.1. The van der Waals surface area contributed by atoms with Gasteiger partial charge in [-0.2, -0.15) is 4.31 Å². The monoisotopic (exact) mass is 368 g/mol. The second-order valence-corrected chi connectivity index (χ2v) is 8.34. The first-order valence-corrected chi connectivity index (χ1v) is 9.24. The van der Waals surface area contributed by atoms with Crippen molar-refractivity contribution in [2.24, 2.45) is 0 Å². The van der Waals surface area contributed by atoms with Gasteiger partial charge in [-0.25, -0.2) is 8.42 Å². The fraction of sp³-hybridized carbons (Fsp3) is 0.636. The lowest BCUT2D eigenvalue weighted by Gasteiger charge is -2.24. The summed E-state index contributed by atoms with van der Waals surface area (Å²) in [5.41, 5.74) is 0. The highest BCUT2D eigenvalue weighted by Gasteiger charge is 2.30. The highest BCUT2D eigenvalue weighted by atomic mass is 79.9. The Morgan fingerprint density at radius 1 is 1.58 bits per heavy atom. The summed E-state index contributed by atoms with van der Waals surface area (Å²) in [6, 6.07) is 1.91. The van der Waals surface area contributed by atoms with E-state index < -0.39 is 10.0 Å².